The van der Waals surface area contributed by atoms with Crippen LogP contribution in [0, 0.1) is 6.92 Å². The fourth-order valence-corrected chi connectivity index (χ4v) is 6.57. The number of allylic oxidation sites excluding steroid dienone is 3. The van der Waals surface area contributed by atoms with Crippen LogP contribution in [0.25, 0.3) is 11.4 Å². The standard InChI is InChI=1S/C35H42N4O5/c1-4-42-34-30(35(40)41)20-36-39(34)32-12-6-11-31(37-32)29-10-5-8-23(2)33(29)44-22-26-14-13-25-15-17-38(18-16-28(25)24(26)3)21-27-9-7-19-43-27/h6,10-14,20,27H,4-5,7-9,15-19,21-22H2,1-3H3,(H,40,41)/t27-/m0/s1. The van der Waals surface area contributed by atoms with Crippen molar-refractivity contribution in [1.82, 2.24) is 19.7 Å². The van der Waals surface area contributed by atoms with E-state index in [0.717, 1.165) is 69.0 Å². The maximum atomic E-state index is 11.7. The van der Waals surface area contributed by atoms with Crippen molar-refractivity contribution in [1.29, 1.82) is 0 Å². The Labute approximate surface area is 259 Å². The Morgan fingerprint density at radius 3 is 2.77 bits per heavy atom. The summed E-state index contributed by atoms with van der Waals surface area (Å²) in [6.07, 6.45) is 10.2. The van der Waals surface area contributed by atoms with Crippen molar-refractivity contribution in [2.75, 3.05) is 32.8 Å². The average Bonchev–Trinajstić information content (AvgIpc) is 3.64. The van der Waals surface area contributed by atoms with Crippen molar-refractivity contribution in [3.63, 3.8) is 0 Å². The summed E-state index contributed by atoms with van der Waals surface area (Å²) in [5.41, 5.74) is 8.33. The van der Waals surface area contributed by atoms with Crippen LogP contribution in [0.5, 0.6) is 5.88 Å². The summed E-state index contributed by atoms with van der Waals surface area (Å²) >= 11 is 0. The Morgan fingerprint density at radius 1 is 1.11 bits per heavy atom. The quantitative estimate of drug-likeness (QED) is 0.307. The third-order valence-corrected chi connectivity index (χ3v) is 9.00. The second kappa shape index (κ2) is 13.4. The number of aromatic carboxylic acids is 1. The molecule has 3 aromatic rings. The molecule has 4 heterocycles. The number of benzene rings is 1. The maximum absolute atomic E-state index is 11.7. The van der Waals surface area contributed by atoms with E-state index >= 15 is 0 Å². The molecule has 0 bridgehead atoms. The summed E-state index contributed by atoms with van der Waals surface area (Å²) in [7, 11) is 0. The van der Waals surface area contributed by atoms with Crippen LogP contribution >= 0.6 is 0 Å². The van der Waals surface area contributed by atoms with Crippen molar-refractivity contribution in [2.45, 2.75) is 72.0 Å². The molecule has 1 N–H and O–H groups in total. The lowest BCUT2D eigenvalue weighted by atomic mass is 9.93. The van der Waals surface area contributed by atoms with Crippen LogP contribution in [0.1, 0.15) is 77.8 Å². The molecule has 1 aliphatic carbocycles. The first kappa shape index (κ1) is 30.1. The zero-order valence-electron chi connectivity index (χ0n) is 26.0. The van der Waals surface area contributed by atoms with Crippen LogP contribution in [0.15, 0.2) is 53.9 Å². The predicted octanol–water partition coefficient (Wildman–Crippen LogP) is 5.92. The molecule has 2 aromatic heterocycles. The Balaban J connectivity index is 1.20. The van der Waals surface area contributed by atoms with E-state index < -0.39 is 5.97 Å². The lowest BCUT2D eigenvalue weighted by Crippen LogP contribution is -2.34. The highest BCUT2D eigenvalue weighted by molar-refractivity contribution is 5.90. The number of ether oxygens (including phenoxy) is 3. The highest BCUT2D eigenvalue weighted by atomic mass is 16.5. The van der Waals surface area contributed by atoms with Gasteiger partial charge in [-0.2, -0.15) is 9.78 Å². The van der Waals surface area contributed by atoms with Crippen LogP contribution in [0.3, 0.4) is 0 Å². The molecule has 0 radical (unpaired) electrons. The van der Waals surface area contributed by atoms with Crippen molar-refractivity contribution < 1.29 is 24.1 Å². The van der Waals surface area contributed by atoms with Crippen LogP contribution < -0.4 is 4.74 Å². The number of nitrogens with zero attached hydrogens (tertiary/aromatic N) is 4. The van der Waals surface area contributed by atoms with Crippen LogP contribution in [0.2, 0.25) is 0 Å². The number of rotatable bonds is 10. The fraction of sp³-hybridized carbons (Fsp3) is 0.457. The molecular weight excluding hydrogens is 556 g/mol. The molecule has 232 valence electrons. The van der Waals surface area contributed by atoms with Gasteiger partial charge in [0.1, 0.15) is 17.9 Å². The van der Waals surface area contributed by atoms with Gasteiger partial charge in [0.05, 0.1) is 24.6 Å². The van der Waals surface area contributed by atoms with Gasteiger partial charge in [0.15, 0.2) is 5.82 Å². The van der Waals surface area contributed by atoms with Crippen LogP contribution in [-0.2, 0) is 28.9 Å². The third-order valence-electron chi connectivity index (χ3n) is 9.00. The van der Waals surface area contributed by atoms with Gasteiger partial charge in [-0.25, -0.2) is 9.78 Å². The number of aromatic nitrogens is 3. The van der Waals surface area contributed by atoms with E-state index in [1.807, 2.05) is 19.1 Å². The Hall–Kier alpha value is -3.95. The molecule has 9 nitrogen and oxygen atoms in total. The van der Waals surface area contributed by atoms with E-state index in [0.29, 0.717) is 25.1 Å². The van der Waals surface area contributed by atoms with E-state index in [-0.39, 0.29) is 11.4 Å². The number of pyridine rings is 1. The van der Waals surface area contributed by atoms with E-state index in [1.54, 1.807) is 6.07 Å². The van der Waals surface area contributed by atoms with Crippen molar-refractivity contribution in [3.8, 4) is 11.7 Å². The van der Waals surface area contributed by atoms with Gasteiger partial charge in [-0.05, 0) is 99.3 Å². The number of carbonyl (C=O) groups is 1. The van der Waals surface area contributed by atoms with Crippen LogP contribution in [0.4, 0.5) is 0 Å². The number of carboxylic acid groups (broad SMARTS) is 1. The fourth-order valence-electron chi connectivity index (χ4n) is 6.57. The number of fused-ring (bicyclic) bond motifs is 1. The molecule has 44 heavy (non-hydrogen) atoms. The van der Waals surface area contributed by atoms with E-state index in [2.05, 4.69) is 42.1 Å². The molecule has 0 amide bonds. The first-order valence-corrected chi connectivity index (χ1v) is 15.8. The van der Waals surface area contributed by atoms with Gasteiger partial charge in [0, 0.05) is 31.8 Å². The largest absolute Gasteiger partial charge is 0.488 e. The molecule has 6 rings (SSSR count). The van der Waals surface area contributed by atoms with Gasteiger partial charge in [-0.3, -0.25) is 0 Å². The molecule has 1 fully saturated rings. The smallest absolute Gasteiger partial charge is 0.342 e. The van der Waals surface area contributed by atoms with Gasteiger partial charge >= 0.3 is 5.97 Å². The summed E-state index contributed by atoms with van der Waals surface area (Å²) in [5, 5.41) is 13.9. The third kappa shape index (κ3) is 6.30. The first-order valence-electron chi connectivity index (χ1n) is 15.8. The molecule has 0 spiro atoms. The van der Waals surface area contributed by atoms with E-state index in [9.17, 15) is 9.90 Å². The molecule has 1 aromatic carbocycles. The lowest BCUT2D eigenvalue weighted by molar-refractivity contribution is 0.0692. The number of hydrogen-bond donors (Lipinski definition) is 1. The normalized spacial score (nSPS) is 19.0. The summed E-state index contributed by atoms with van der Waals surface area (Å²) in [4.78, 5) is 19.2. The van der Waals surface area contributed by atoms with Crippen LogP contribution in [-0.4, -0.2) is 69.7 Å². The minimum atomic E-state index is -1.09. The predicted molar refractivity (Wildman–Crippen MR) is 168 cm³/mol. The summed E-state index contributed by atoms with van der Waals surface area (Å²) in [6.45, 7) is 11.1. The summed E-state index contributed by atoms with van der Waals surface area (Å²) in [6, 6.07) is 10.2. The second-order valence-corrected chi connectivity index (χ2v) is 11.9. The lowest BCUT2D eigenvalue weighted by Gasteiger charge is -2.23. The molecule has 0 unspecified atom stereocenters. The van der Waals surface area contributed by atoms with Gasteiger partial charge in [0.25, 0.3) is 0 Å². The number of hydrogen-bond acceptors (Lipinski definition) is 7. The Morgan fingerprint density at radius 2 is 1.98 bits per heavy atom. The SMILES string of the molecule is CCOc1c(C(=O)O)cnn1-c1cccc(C2=CCCC(C)=C2OCc2ccc3c(c2C)CCN(C[C@@H]2CCCO2)CC3)n1. The molecule has 0 saturated carbocycles. The maximum Gasteiger partial charge on any atom is 0.342 e. The molecule has 2 aliphatic heterocycles. The molecule has 3 aliphatic rings. The van der Waals surface area contributed by atoms with Crippen molar-refractivity contribution in [2.24, 2.45) is 0 Å². The Bertz CT molecular complexity index is 1580. The highest BCUT2D eigenvalue weighted by Crippen LogP contribution is 2.34. The molecule has 9 heteroatoms. The highest BCUT2D eigenvalue weighted by Gasteiger charge is 2.24. The first-order chi connectivity index (χ1) is 21.4. The summed E-state index contributed by atoms with van der Waals surface area (Å²) < 4.78 is 19.6. The van der Waals surface area contributed by atoms with Crippen molar-refractivity contribution in [3.05, 3.63) is 87.4 Å². The van der Waals surface area contributed by atoms with Gasteiger partial charge in [0.2, 0.25) is 5.88 Å². The van der Waals surface area contributed by atoms with Gasteiger partial charge in [-0.15, -0.1) is 0 Å². The van der Waals surface area contributed by atoms with E-state index in [1.165, 1.54) is 51.5 Å². The summed E-state index contributed by atoms with van der Waals surface area (Å²) in [5.74, 6) is 0.412. The van der Waals surface area contributed by atoms with E-state index in [4.69, 9.17) is 19.2 Å². The van der Waals surface area contributed by atoms with Crippen molar-refractivity contribution >= 4 is 11.5 Å². The molecule has 1 saturated heterocycles. The molecular formula is C35H42N4O5. The Kier molecular flexibility index (Phi) is 9.14. The molecule has 1 atom stereocenters. The zero-order chi connectivity index (χ0) is 30.6. The average molecular weight is 599 g/mol. The monoisotopic (exact) mass is 598 g/mol. The topological polar surface area (TPSA) is 98.9 Å². The minimum absolute atomic E-state index is 0.00218. The van der Waals surface area contributed by atoms with Gasteiger partial charge < -0.3 is 24.2 Å². The number of carboxylic acids is 1. The zero-order valence-corrected chi connectivity index (χ0v) is 26.0. The second-order valence-electron chi connectivity index (χ2n) is 11.9. The minimum Gasteiger partial charge on any atom is -0.488 e. The van der Waals surface area contributed by atoms with Gasteiger partial charge in [-0.1, -0.05) is 24.3 Å².